The van der Waals surface area contributed by atoms with Crippen LogP contribution in [0, 0.1) is 6.92 Å². The SMILES string of the molecule is C=CC(=O)N1CCCC[C@@H](n2c(NC(=O)c3ccnc(C)c3)nc3ccc(O[C@@H]4CCOC4)c(Cl)c32)C1. The molecule has 2 aromatic heterocycles. The first-order valence-corrected chi connectivity index (χ1v) is 12.9. The molecule has 1 N–H and O–H groups in total. The Kier molecular flexibility index (Phi) is 7.43. The van der Waals surface area contributed by atoms with E-state index in [1.165, 1.54) is 6.08 Å². The number of ether oxygens (including phenoxy) is 2. The second kappa shape index (κ2) is 10.9. The quantitative estimate of drug-likeness (QED) is 0.476. The summed E-state index contributed by atoms with van der Waals surface area (Å²) in [5.41, 5.74) is 2.51. The number of benzene rings is 1. The summed E-state index contributed by atoms with van der Waals surface area (Å²) in [5, 5.41) is 3.40. The van der Waals surface area contributed by atoms with E-state index >= 15 is 0 Å². The summed E-state index contributed by atoms with van der Waals surface area (Å²) >= 11 is 6.95. The summed E-state index contributed by atoms with van der Waals surface area (Å²) in [4.78, 5) is 36.5. The van der Waals surface area contributed by atoms with E-state index in [4.69, 9.17) is 26.1 Å². The van der Waals surface area contributed by atoms with Crippen molar-refractivity contribution in [3.63, 3.8) is 0 Å². The fourth-order valence-electron chi connectivity index (χ4n) is 4.97. The lowest BCUT2D eigenvalue weighted by molar-refractivity contribution is -0.126. The monoisotopic (exact) mass is 523 g/mol. The van der Waals surface area contributed by atoms with Crippen LogP contribution in [0.5, 0.6) is 5.75 Å². The van der Waals surface area contributed by atoms with Crippen LogP contribution in [0.3, 0.4) is 0 Å². The van der Waals surface area contributed by atoms with Gasteiger partial charge in [0, 0.05) is 37.0 Å². The van der Waals surface area contributed by atoms with Gasteiger partial charge in [-0.1, -0.05) is 18.2 Å². The van der Waals surface area contributed by atoms with Crippen LogP contribution < -0.4 is 10.1 Å². The van der Waals surface area contributed by atoms with Gasteiger partial charge in [0.25, 0.3) is 5.91 Å². The lowest BCUT2D eigenvalue weighted by atomic mass is 10.1. The number of fused-ring (bicyclic) bond motifs is 1. The smallest absolute Gasteiger partial charge is 0.258 e. The summed E-state index contributed by atoms with van der Waals surface area (Å²) in [5.74, 6) is 0.493. The fourth-order valence-corrected chi connectivity index (χ4v) is 5.26. The van der Waals surface area contributed by atoms with Crippen molar-refractivity contribution in [1.82, 2.24) is 19.4 Å². The summed E-state index contributed by atoms with van der Waals surface area (Å²) < 4.78 is 13.6. The van der Waals surface area contributed by atoms with E-state index in [1.807, 2.05) is 17.6 Å². The first-order valence-electron chi connectivity index (χ1n) is 12.5. The van der Waals surface area contributed by atoms with Gasteiger partial charge in [-0.2, -0.15) is 0 Å². The highest BCUT2D eigenvalue weighted by atomic mass is 35.5. The molecular formula is C27H30ClN5O4. The average molecular weight is 524 g/mol. The second-order valence-corrected chi connectivity index (χ2v) is 9.81. The molecule has 2 fully saturated rings. The number of likely N-dealkylation sites (tertiary alicyclic amines) is 1. The van der Waals surface area contributed by atoms with Gasteiger partial charge < -0.3 is 18.9 Å². The van der Waals surface area contributed by atoms with Gasteiger partial charge in [-0.15, -0.1) is 0 Å². The maximum absolute atomic E-state index is 13.2. The number of anilines is 1. The van der Waals surface area contributed by atoms with Crippen LogP contribution in [0.2, 0.25) is 5.02 Å². The first kappa shape index (κ1) is 25.2. The third-order valence-corrected chi connectivity index (χ3v) is 7.18. The predicted molar refractivity (Wildman–Crippen MR) is 141 cm³/mol. The highest BCUT2D eigenvalue weighted by Crippen LogP contribution is 2.39. The van der Waals surface area contributed by atoms with Crippen molar-refractivity contribution < 1.29 is 19.1 Å². The molecule has 0 radical (unpaired) electrons. The number of pyridine rings is 1. The molecule has 0 saturated carbocycles. The Hall–Kier alpha value is -3.43. The number of aromatic nitrogens is 3. The lowest BCUT2D eigenvalue weighted by Crippen LogP contribution is -2.34. The summed E-state index contributed by atoms with van der Waals surface area (Å²) in [6.07, 6.45) is 6.25. The van der Waals surface area contributed by atoms with Crippen LogP contribution in [0.15, 0.2) is 43.1 Å². The standard InChI is InChI=1S/C27H30ClN5O4/c1-3-23(34)32-12-5-4-6-19(15-32)33-25-21(7-8-22(24(25)28)37-20-10-13-36-16-20)30-27(33)31-26(35)18-9-11-29-17(2)14-18/h3,7-9,11,14,19-20H,1,4-6,10,12-13,15-16H2,2H3,(H,30,31,35)/t19-,20-/m1/s1. The molecule has 0 unspecified atom stereocenters. The Morgan fingerprint density at radius 1 is 1.27 bits per heavy atom. The molecule has 10 heteroatoms. The zero-order chi connectivity index (χ0) is 25.9. The number of hydrogen-bond acceptors (Lipinski definition) is 6. The normalized spacial score (nSPS) is 20.0. The molecule has 2 aliphatic heterocycles. The number of carbonyl (C=O) groups excluding carboxylic acids is 2. The van der Waals surface area contributed by atoms with Crippen LogP contribution in [-0.4, -0.2) is 63.7 Å². The Bertz CT molecular complexity index is 1330. The number of amides is 2. The highest BCUT2D eigenvalue weighted by molar-refractivity contribution is 6.36. The van der Waals surface area contributed by atoms with E-state index < -0.39 is 0 Å². The minimum atomic E-state index is -0.301. The number of aryl methyl sites for hydroxylation is 1. The molecule has 4 heterocycles. The fraction of sp³-hybridized carbons (Fsp3) is 0.407. The number of hydrogen-bond donors (Lipinski definition) is 1. The van der Waals surface area contributed by atoms with Crippen molar-refractivity contribution in [2.75, 3.05) is 31.6 Å². The maximum atomic E-state index is 13.2. The van der Waals surface area contributed by atoms with E-state index in [0.717, 1.165) is 31.4 Å². The topological polar surface area (TPSA) is 98.6 Å². The van der Waals surface area contributed by atoms with Crippen LogP contribution in [0.25, 0.3) is 11.0 Å². The van der Waals surface area contributed by atoms with Crippen molar-refractivity contribution in [2.45, 2.75) is 44.8 Å². The zero-order valence-electron chi connectivity index (χ0n) is 20.8. The molecule has 5 rings (SSSR count). The van der Waals surface area contributed by atoms with E-state index in [9.17, 15) is 9.59 Å². The van der Waals surface area contributed by atoms with Gasteiger partial charge in [0.15, 0.2) is 0 Å². The predicted octanol–water partition coefficient (Wildman–Crippen LogP) is 4.55. The number of halogens is 1. The first-order chi connectivity index (χ1) is 17.9. The molecular weight excluding hydrogens is 494 g/mol. The van der Waals surface area contributed by atoms with Gasteiger partial charge in [0.05, 0.1) is 30.3 Å². The number of nitrogens with one attached hydrogen (secondary N) is 1. The highest BCUT2D eigenvalue weighted by Gasteiger charge is 2.29. The summed E-state index contributed by atoms with van der Waals surface area (Å²) in [7, 11) is 0. The van der Waals surface area contributed by atoms with Crippen molar-refractivity contribution >= 4 is 40.4 Å². The Morgan fingerprint density at radius 3 is 2.89 bits per heavy atom. The largest absolute Gasteiger partial charge is 0.486 e. The molecule has 2 amide bonds. The zero-order valence-corrected chi connectivity index (χ0v) is 21.5. The van der Waals surface area contributed by atoms with Crippen molar-refractivity contribution in [1.29, 1.82) is 0 Å². The molecule has 2 aliphatic rings. The van der Waals surface area contributed by atoms with Crippen LogP contribution >= 0.6 is 11.6 Å². The molecule has 3 aromatic rings. The van der Waals surface area contributed by atoms with Crippen LogP contribution in [-0.2, 0) is 9.53 Å². The van der Waals surface area contributed by atoms with E-state index in [2.05, 4.69) is 16.9 Å². The van der Waals surface area contributed by atoms with Crippen molar-refractivity contribution in [3.8, 4) is 5.75 Å². The molecule has 1 aromatic carbocycles. The lowest BCUT2D eigenvalue weighted by Gasteiger charge is -2.26. The molecule has 194 valence electrons. The molecule has 0 aliphatic carbocycles. The summed E-state index contributed by atoms with van der Waals surface area (Å²) in [6.45, 7) is 7.76. The molecule has 37 heavy (non-hydrogen) atoms. The van der Waals surface area contributed by atoms with Gasteiger partial charge in [0.1, 0.15) is 16.9 Å². The van der Waals surface area contributed by atoms with E-state index in [-0.39, 0.29) is 24.0 Å². The van der Waals surface area contributed by atoms with Gasteiger partial charge in [-0.3, -0.25) is 19.9 Å². The Morgan fingerprint density at radius 2 is 2.14 bits per heavy atom. The molecule has 2 saturated heterocycles. The molecule has 0 bridgehead atoms. The van der Waals surface area contributed by atoms with Crippen LogP contribution in [0.1, 0.15) is 47.8 Å². The minimum absolute atomic E-state index is 0.0704. The van der Waals surface area contributed by atoms with Gasteiger partial charge in [-0.05, 0) is 56.5 Å². The minimum Gasteiger partial charge on any atom is -0.486 e. The second-order valence-electron chi connectivity index (χ2n) is 9.43. The van der Waals surface area contributed by atoms with Gasteiger partial charge in [0.2, 0.25) is 11.9 Å². The van der Waals surface area contributed by atoms with Gasteiger partial charge in [-0.25, -0.2) is 4.98 Å². The number of rotatable bonds is 6. The summed E-state index contributed by atoms with van der Waals surface area (Å²) in [6, 6.07) is 6.88. The van der Waals surface area contributed by atoms with Crippen LogP contribution in [0.4, 0.5) is 5.95 Å². The third kappa shape index (κ3) is 5.33. The molecule has 0 spiro atoms. The van der Waals surface area contributed by atoms with E-state index in [0.29, 0.717) is 59.6 Å². The van der Waals surface area contributed by atoms with E-state index in [1.54, 1.807) is 29.3 Å². The third-order valence-electron chi connectivity index (χ3n) is 6.82. The Labute approximate surface area is 220 Å². The number of nitrogens with zero attached hydrogens (tertiary/aromatic N) is 4. The average Bonchev–Trinajstić information content (AvgIpc) is 3.46. The maximum Gasteiger partial charge on any atom is 0.258 e. The number of carbonyl (C=O) groups is 2. The van der Waals surface area contributed by atoms with Gasteiger partial charge >= 0.3 is 0 Å². The number of imidazole rings is 1. The molecule has 9 nitrogen and oxygen atoms in total. The molecule has 2 atom stereocenters. The van der Waals surface area contributed by atoms with Crippen molar-refractivity contribution in [3.05, 3.63) is 59.4 Å². The van der Waals surface area contributed by atoms with Crippen molar-refractivity contribution in [2.24, 2.45) is 0 Å². The Balaban J connectivity index is 1.58.